The van der Waals surface area contributed by atoms with Gasteiger partial charge in [-0.2, -0.15) is 0 Å². The Labute approximate surface area is 101 Å². The number of nitrogens with one attached hydrogen (secondary N) is 1. The molecule has 0 amide bonds. The molecule has 1 N–H and O–H groups in total. The van der Waals surface area contributed by atoms with E-state index in [9.17, 15) is 0 Å². The molecule has 1 atom stereocenters. The summed E-state index contributed by atoms with van der Waals surface area (Å²) in [5.41, 5.74) is 0. The minimum absolute atomic E-state index is 0.549. The maximum absolute atomic E-state index is 5.25. The highest BCUT2D eigenvalue weighted by Gasteiger charge is 2.12. The molecule has 0 saturated carbocycles. The molecule has 0 aliphatic carbocycles. The Morgan fingerprint density at radius 1 is 1.31 bits per heavy atom. The molecule has 1 aliphatic heterocycles. The lowest BCUT2D eigenvalue weighted by atomic mass is 10.1. The Kier molecular flexibility index (Phi) is 7.81. The van der Waals surface area contributed by atoms with Crippen LogP contribution in [0.3, 0.4) is 0 Å². The number of likely N-dealkylation sites (tertiary alicyclic amines) is 1. The van der Waals surface area contributed by atoms with Gasteiger partial charge < -0.3 is 15.0 Å². The van der Waals surface area contributed by atoms with Gasteiger partial charge in [0.2, 0.25) is 0 Å². The molecular formula is C13H28N2O. The molecule has 96 valence electrons. The summed E-state index contributed by atoms with van der Waals surface area (Å²) in [7, 11) is 1.79. The van der Waals surface area contributed by atoms with Crippen LogP contribution in [0.2, 0.25) is 0 Å². The van der Waals surface area contributed by atoms with Crippen molar-refractivity contribution in [1.82, 2.24) is 10.2 Å². The molecule has 16 heavy (non-hydrogen) atoms. The number of ether oxygens (including phenoxy) is 1. The topological polar surface area (TPSA) is 24.5 Å². The molecule has 0 aromatic carbocycles. The van der Waals surface area contributed by atoms with Gasteiger partial charge >= 0.3 is 0 Å². The summed E-state index contributed by atoms with van der Waals surface area (Å²) < 4.78 is 5.25. The first kappa shape index (κ1) is 13.9. The second-order valence-corrected chi connectivity index (χ2v) is 4.80. The van der Waals surface area contributed by atoms with E-state index in [0.29, 0.717) is 6.04 Å². The van der Waals surface area contributed by atoms with E-state index in [-0.39, 0.29) is 0 Å². The zero-order valence-corrected chi connectivity index (χ0v) is 11.0. The Morgan fingerprint density at radius 2 is 2.06 bits per heavy atom. The average molecular weight is 228 g/mol. The smallest absolute Gasteiger partial charge is 0.0615 e. The Hall–Kier alpha value is -0.120. The van der Waals surface area contributed by atoms with Crippen molar-refractivity contribution in [3.8, 4) is 0 Å². The number of rotatable bonds is 9. The molecule has 1 aliphatic rings. The van der Waals surface area contributed by atoms with Gasteiger partial charge in [-0.1, -0.05) is 19.8 Å². The lowest BCUT2D eigenvalue weighted by Crippen LogP contribution is -2.38. The van der Waals surface area contributed by atoms with Gasteiger partial charge in [-0.15, -0.1) is 0 Å². The van der Waals surface area contributed by atoms with Crippen molar-refractivity contribution in [1.29, 1.82) is 0 Å². The van der Waals surface area contributed by atoms with E-state index in [1.807, 2.05) is 0 Å². The van der Waals surface area contributed by atoms with Crippen molar-refractivity contribution in [2.45, 2.75) is 45.1 Å². The van der Waals surface area contributed by atoms with E-state index >= 15 is 0 Å². The third-order valence-electron chi connectivity index (χ3n) is 3.33. The van der Waals surface area contributed by atoms with Gasteiger partial charge in [-0.3, -0.25) is 0 Å². The SMILES string of the molecule is CCCCC(COC)NCCN1CCCC1. The largest absolute Gasteiger partial charge is 0.383 e. The molecule has 1 unspecified atom stereocenters. The average Bonchev–Trinajstić information content (AvgIpc) is 2.79. The van der Waals surface area contributed by atoms with Crippen molar-refractivity contribution < 1.29 is 4.74 Å². The zero-order chi connectivity index (χ0) is 11.6. The molecule has 1 heterocycles. The minimum Gasteiger partial charge on any atom is -0.383 e. The molecule has 0 aromatic rings. The van der Waals surface area contributed by atoms with E-state index in [0.717, 1.165) is 13.2 Å². The predicted molar refractivity (Wildman–Crippen MR) is 68.9 cm³/mol. The van der Waals surface area contributed by atoms with Gasteiger partial charge in [0.1, 0.15) is 0 Å². The molecule has 1 saturated heterocycles. The highest BCUT2D eigenvalue weighted by Crippen LogP contribution is 2.06. The molecule has 1 rings (SSSR count). The third kappa shape index (κ3) is 5.83. The summed E-state index contributed by atoms with van der Waals surface area (Å²) in [5, 5.41) is 3.62. The van der Waals surface area contributed by atoms with Crippen LogP contribution in [0, 0.1) is 0 Å². The van der Waals surface area contributed by atoms with Crippen LogP contribution in [0.1, 0.15) is 39.0 Å². The fraction of sp³-hybridized carbons (Fsp3) is 1.00. The van der Waals surface area contributed by atoms with Crippen molar-refractivity contribution in [3.63, 3.8) is 0 Å². The molecule has 0 spiro atoms. The maximum atomic E-state index is 5.25. The van der Waals surface area contributed by atoms with Crippen LogP contribution in [0.25, 0.3) is 0 Å². The summed E-state index contributed by atoms with van der Waals surface area (Å²) >= 11 is 0. The van der Waals surface area contributed by atoms with Crippen LogP contribution < -0.4 is 5.32 Å². The van der Waals surface area contributed by atoms with Gasteiger partial charge in [0.25, 0.3) is 0 Å². The van der Waals surface area contributed by atoms with Crippen molar-refractivity contribution in [2.24, 2.45) is 0 Å². The summed E-state index contributed by atoms with van der Waals surface area (Å²) in [6.45, 7) is 8.00. The highest BCUT2D eigenvalue weighted by atomic mass is 16.5. The number of unbranched alkanes of at least 4 members (excludes halogenated alkanes) is 1. The second-order valence-electron chi connectivity index (χ2n) is 4.80. The zero-order valence-electron chi connectivity index (χ0n) is 11.0. The summed E-state index contributed by atoms with van der Waals surface area (Å²) in [6.07, 6.45) is 6.58. The van der Waals surface area contributed by atoms with Gasteiger partial charge in [0.15, 0.2) is 0 Å². The van der Waals surface area contributed by atoms with E-state index < -0.39 is 0 Å². The van der Waals surface area contributed by atoms with E-state index in [4.69, 9.17) is 4.74 Å². The molecule has 3 nitrogen and oxygen atoms in total. The molecule has 1 fully saturated rings. The molecule has 0 aromatic heterocycles. The first-order chi connectivity index (χ1) is 7.86. The van der Waals surface area contributed by atoms with Crippen molar-refractivity contribution in [3.05, 3.63) is 0 Å². The van der Waals surface area contributed by atoms with Crippen LogP contribution in [-0.4, -0.2) is 50.8 Å². The molecule has 0 bridgehead atoms. The third-order valence-corrected chi connectivity index (χ3v) is 3.33. The first-order valence-corrected chi connectivity index (χ1v) is 6.81. The molecule has 3 heteroatoms. The van der Waals surface area contributed by atoms with Crippen LogP contribution in [-0.2, 0) is 4.74 Å². The first-order valence-electron chi connectivity index (χ1n) is 6.81. The predicted octanol–water partition coefficient (Wildman–Crippen LogP) is 1.88. The van der Waals surface area contributed by atoms with Crippen molar-refractivity contribution >= 4 is 0 Å². The van der Waals surface area contributed by atoms with Gasteiger partial charge in [0.05, 0.1) is 6.61 Å². The maximum Gasteiger partial charge on any atom is 0.0615 e. The van der Waals surface area contributed by atoms with Gasteiger partial charge in [0, 0.05) is 26.2 Å². The fourth-order valence-electron chi connectivity index (χ4n) is 2.33. The van der Waals surface area contributed by atoms with Crippen LogP contribution in [0.4, 0.5) is 0 Å². The highest BCUT2D eigenvalue weighted by molar-refractivity contribution is 4.70. The number of nitrogens with zero attached hydrogens (tertiary/aromatic N) is 1. The van der Waals surface area contributed by atoms with Crippen LogP contribution in [0.15, 0.2) is 0 Å². The van der Waals surface area contributed by atoms with E-state index in [1.54, 1.807) is 7.11 Å². The van der Waals surface area contributed by atoms with Gasteiger partial charge in [-0.05, 0) is 32.4 Å². The van der Waals surface area contributed by atoms with Crippen LogP contribution in [0.5, 0.6) is 0 Å². The van der Waals surface area contributed by atoms with Gasteiger partial charge in [-0.25, -0.2) is 0 Å². The minimum atomic E-state index is 0.549. The Balaban J connectivity index is 2.05. The normalized spacial score (nSPS) is 19.1. The Morgan fingerprint density at radius 3 is 2.69 bits per heavy atom. The lowest BCUT2D eigenvalue weighted by Gasteiger charge is -2.20. The van der Waals surface area contributed by atoms with Crippen molar-refractivity contribution in [2.75, 3.05) is 39.9 Å². The molecule has 0 radical (unpaired) electrons. The molecular weight excluding hydrogens is 200 g/mol. The summed E-state index contributed by atoms with van der Waals surface area (Å²) in [6, 6.07) is 0.549. The Bertz CT molecular complexity index is 158. The second kappa shape index (κ2) is 8.97. The summed E-state index contributed by atoms with van der Waals surface area (Å²) in [5.74, 6) is 0. The quantitative estimate of drug-likeness (QED) is 0.652. The number of methoxy groups -OCH3 is 1. The lowest BCUT2D eigenvalue weighted by molar-refractivity contribution is 0.159. The summed E-state index contributed by atoms with van der Waals surface area (Å²) in [4.78, 5) is 2.55. The standard InChI is InChI=1S/C13H28N2O/c1-3-4-7-13(12-16-2)14-8-11-15-9-5-6-10-15/h13-14H,3-12H2,1-2H3. The van der Waals surface area contributed by atoms with E-state index in [1.165, 1.54) is 51.7 Å². The fourth-order valence-corrected chi connectivity index (χ4v) is 2.33. The van der Waals surface area contributed by atoms with Crippen LogP contribution >= 0.6 is 0 Å². The monoisotopic (exact) mass is 228 g/mol. The van der Waals surface area contributed by atoms with E-state index in [2.05, 4.69) is 17.1 Å². The number of hydrogen-bond donors (Lipinski definition) is 1. The number of hydrogen-bond acceptors (Lipinski definition) is 3.